The van der Waals surface area contributed by atoms with Crippen LogP contribution < -0.4 is 5.32 Å². The first-order chi connectivity index (χ1) is 14.3. The Morgan fingerprint density at radius 2 is 1.39 bits per heavy atom. The van der Waals surface area contributed by atoms with Crippen LogP contribution in [0, 0.1) is 0 Å². The number of hydrogen-bond acceptors (Lipinski definition) is 4. The Kier molecular flexibility index (Phi) is 6.52. The third-order valence-corrected chi connectivity index (χ3v) is 6.63. The highest BCUT2D eigenvalue weighted by molar-refractivity contribution is 5.99. The summed E-state index contributed by atoms with van der Waals surface area (Å²) in [4.78, 5) is 36.1. The molecule has 6 heteroatoms. The monoisotopic (exact) mass is 428 g/mol. The van der Waals surface area contributed by atoms with Gasteiger partial charge in [-0.15, -0.1) is 0 Å². The third kappa shape index (κ3) is 5.28. The number of pyridine rings is 1. The number of carbonyl (C=O) groups excluding carboxylic acids is 2. The van der Waals surface area contributed by atoms with Crippen LogP contribution in [0.25, 0.3) is 0 Å². The van der Waals surface area contributed by atoms with Crippen LogP contribution in [0.4, 0.5) is 0 Å². The molecular weight excluding hydrogens is 388 g/mol. The topological polar surface area (TPSA) is 65.5 Å². The molecule has 0 bridgehead atoms. The quantitative estimate of drug-likeness (QED) is 0.800. The first-order valence-electron chi connectivity index (χ1n) is 11.7. The first kappa shape index (κ1) is 23.7. The van der Waals surface area contributed by atoms with Gasteiger partial charge in [-0.2, -0.15) is 0 Å². The van der Waals surface area contributed by atoms with Gasteiger partial charge in [0.15, 0.2) is 0 Å². The van der Waals surface area contributed by atoms with Crippen molar-refractivity contribution in [2.75, 3.05) is 33.2 Å². The molecule has 2 heterocycles. The van der Waals surface area contributed by atoms with Gasteiger partial charge in [0.1, 0.15) is 5.54 Å². The summed E-state index contributed by atoms with van der Waals surface area (Å²) in [5.41, 5.74) is 1.28. The zero-order valence-corrected chi connectivity index (χ0v) is 20.5. The molecule has 0 unspecified atom stereocenters. The van der Waals surface area contributed by atoms with Crippen LogP contribution in [0.5, 0.6) is 0 Å². The Balaban J connectivity index is 1.90. The van der Waals surface area contributed by atoms with E-state index in [0.717, 1.165) is 50.4 Å². The zero-order valence-electron chi connectivity index (χ0n) is 20.5. The minimum atomic E-state index is -0.778. The molecule has 1 aliphatic heterocycles. The molecule has 2 aliphatic rings. The van der Waals surface area contributed by atoms with Crippen molar-refractivity contribution in [1.29, 1.82) is 0 Å². The van der Waals surface area contributed by atoms with E-state index in [2.05, 4.69) is 58.8 Å². The normalized spacial score (nSPS) is 20.0. The van der Waals surface area contributed by atoms with Crippen molar-refractivity contribution in [3.63, 3.8) is 0 Å². The SMILES string of the molecule is CN1CCN(C(=O)C2(NC(=O)c3cc(C(C)(C)C)nc(C(C)(C)C)c3)CCCC2)CC1. The van der Waals surface area contributed by atoms with Crippen LogP contribution in [-0.2, 0) is 15.6 Å². The molecule has 0 atom stereocenters. The van der Waals surface area contributed by atoms with Crippen LogP contribution in [0.15, 0.2) is 12.1 Å². The fourth-order valence-electron chi connectivity index (χ4n) is 4.40. The predicted octanol–water partition coefficient (Wildman–Crippen LogP) is 3.49. The summed E-state index contributed by atoms with van der Waals surface area (Å²) in [6.07, 6.45) is 3.37. The standard InChI is InChI=1S/C25H40N4O2/c1-23(2,3)19-16-18(17-20(26-19)24(4,5)6)21(30)27-25(10-8-9-11-25)22(31)29-14-12-28(7)13-15-29/h16-17H,8-15H2,1-7H3,(H,27,30). The van der Waals surface area contributed by atoms with Crippen molar-refractivity contribution in [1.82, 2.24) is 20.1 Å². The van der Waals surface area contributed by atoms with Gasteiger partial charge in [-0.1, -0.05) is 54.4 Å². The molecule has 0 spiro atoms. The van der Waals surface area contributed by atoms with Gasteiger partial charge in [0.2, 0.25) is 5.91 Å². The number of hydrogen-bond donors (Lipinski definition) is 1. The molecule has 1 saturated heterocycles. The van der Waals surface area contributed by atoms with Gasteiger partial charge in [0.05, 0.1) is 0 Å². The second-order valence-corrected chi connectivity index (χ2v) is 11.5. The Labute approximate surface area is 187 Å². The highest BCUT2D eigenvalue weighted by Gasteiger charge is 2.45. The Morgan fingerprint density at radius 1 is 0.903 bits per heavy atom. The number of nitrogens with one attached hydrogen (secondary N) is 1. The average Bonchev–Trinajstić information content (AvgIpc) is 3.16. The molecule has 31 heavy (non-hydrogen) atoms. The van der Waals surface area contributed by atoms with Crippen molar-refractivity contribution in [3.05, 3.63) is 29.1 Å². The van der Waals surface area contributed by atoms with E-state index >= 15 is 0 Å². The van der Waals surface area contributed by atoms with Crippen molar-refractivity contribution in [2.45, 2.75) is 83.6 Å². The number of amides is 2. The number of likely N-dealkylation sites (N-methyl/N-ethyl adjacent to an activating group) is 1. The van der Waals surface area contributed by atoms with Gasteiger partial charge in [-0.25, -0.2) is 0 Å². The van der Waals surface area contributed by atoms with Crippen molar-refractivity contribution in [2.24, 2.45) is 0 Å². The molecule has 172 valence electrons. The number of rotatable bonds is 3. The molecule has 1 aliphatic carbocycles. The van der Waals surface area contributed by atoms with Crippen LogP contribution in [0.2, 0.25) is 0 Å². The van der Waals surface area contributed by atoms with Gasteiger partial charge in [0.25, 0.3) is 5.91 Å². The van der Waals surface area contributed by atoms with Crippen LogP contribution in [-0.4, -0.2) is 65.4 Å². The minimum absolute atomic E-state index is 0.0904. The fraction of sp³-hybridized carbons (Fsp3) is 0.720. The Morgan fingerprint density at radius 3 is 1.84 bits per heavy atom. The summed E-state index contributed by atoms with van der Waals surface area (Å²) >= 11 is 0. The molecule has 1 N–H and O–H groups in total. The lowest BCUT2D eigenvalue weighted by atomic mass is 9.86. The highest BCUT2D eigenvalue weighted by Crippen LogP contribution is 2.33. The van der Waals surface area contributed by atoms with Crippen molar-refractivity contribution < 1.29 is 9.59 Å². The maximum absolute atomic E-state index is 13.5. The molecule has 0 radical (unpaired) electrons. The predicted molar refractivity (Wildman–Crippen MR) is 124 cm³/mol. The van der Waals surface area contributed by atoms with Gasteiger partial charge in [-0.05, 0) is 32.0 Å². The van der Waals surface area contributed by atoms with E-state index in [9.17, 15) is 9.59 Å². The lowest BCUT2D eigenvalue weighted by Gasteiger charge is -2.39. The largest absolute Gasteiger partial charge is 0.338 e. The summed E-state index contributed by atoms with van der Waals surface area (Å²) in [6, 6.07) is 3.79. The molecule has 1 saturated carbocycles. The van der Waals surface area contributed by atoms with E-state index in [1.54, 1.807) is 0 Å². The number of nitrogens with zero attached hydrogens (tertiary/aromatic N) is 3. The summed E-state index contributed by atoms with van der Waals surface area (Å²) in [5.74, 6) is -0.0737. The summed E-state index contributed by atoms with van der Waals surface area (Å²) < 4.78 is 0. The van der Waals surface area contributed by atoms with E-state index in [1.807, 2.05) is 17.0 Å². The number of aromatic nitrogens is 1. The van der Waals surface area contributed by atoms with E-state index in [1.165, 1.54) is 0 Å². The third-order valence-electron chi connectivity index (χ3n) is 6.63. The van der Waals surface area contributed by atoms with Crippen molar-refractivity contribution in [3.8, 4) is 0 Å². The summed E-state index contributed by atoms with van der Waals surface area (Å²) in [5, 5.41) is 3.20. The molecule has 0 aromatic carbocycles. The summed E-state index contributed by atoms with van der Waals surface area (Å²) in [7, 11) is 2.08. The maximum Gasteiger partial charge on any atom is 0.252 e. The highest BCUT2D eigenvalue weighted by atomic mass is 16.2. The Hall–Kier alpha value is -1.95. The number of carbonyl (C=O) groups is 2. The summed E-state index contributed by atoms with van der Waals surface area (Å²) in [6.45, 7) is 15.9. The lowest BCUT2D eigenvalue weighted by Crippen LogP contribution is -2.61. The molecule has 1 aromatic rings. The molecule has 6 nitrogen and oxygen atoms in total. The fourth-order valence-corrected chi connectivity index (χ4v) is 4.40. The van der Waals surface area contributed by atoms with Crippen LogP contribution in [0.3, 0.4) is 0 Å². The number of piperazine rings is 1. The van der Waals surface area contributed by atoms with Crippen LogP contribution in [0.1, 0.15) is 89.0 Å². The molecular formula is C25H40N4O2. The molecule has 2 fully saturated rings. The van der Waals surface area contributed by atoms with Gasteiger partial charge >= 0.3 is 0 Å². The maximum atomic E-state index is 13.5. The molecule has 3 rings (SSSR count). The Bertz CT molecular complexity index is 789. The lowest BCUT2D eigenvalue weighted by molar-refractivity contribution is -0.139. The molecule has 1 aromatic heterocycles. The van der Waals surface area contributed by atoms with E-state index in [0.29, 0.717) is 18.4 Å². The average molecular weight is 429 g/mol. The second kappa shape index (κ2) is 8.53. The van der Waals surface area contributed by atoms with E-state index < -0.39 is 5.54 Å². The van der Waals surface area contributed by atoms with E-state index in [-0.39, 0.29) is 22.6 Å². The van der Waals surface area contributed by atoms with Gasteiger partial charge in [-0.3, -0.25) is 14.6 Å². The van der Waals surface area contributed by atoms with Crippen LogP contribution >= 0.6 is 0 Å². The van der Waals surface area contributed by atoms with Gasteiger partial charge in [0, 0.05) is 54.0 Å². The smallest absolute Gasteiger partial charge is 0.252 e. The molecule has 2 amide bonds. The zero-order chi connectivity index (χ0) is 23.0. The van der Waals surface area contributed by atoms with Gasteiger partial charge < -0.3 is 15.1 Å². The van der Waals surface area contributed by atoms with E-state index in [4.69, 9.17) is 4.98 Å². The first-order valence-corrected chi connectivity index (χ1v) is 11.7. The van der Waals surface area contributed by atoms with Crippen molar-refractivity contribution >= 4 is 11.8 Å². The second-order valence-electron chi connectivity index (χ2n) is 11.5. The minimum Gasteiger partial charge on any atom is -0.338 e.